The first-order valence-corrected chi connectivity index (χ1v) is 4.24. The zero-order chi connectivity index (χ0) is 9.47. The molecule has 2 aromatic rings. The Labute approximate surface area is 76.7 Å². The lowest BCUT2D eigenvalue weighted by Crippen LogP contribution is -2.17. The molecule has 0 bridgehead atoms. The van der Waals surface area contributed by atoms with Crippen LogP contribution in [0.3, 0.4) is 0 Å². The van der Waals surface area contributed by atoms with Gasteiger partial charge in [0.15, 0.2) is 0 Å². The molecule has 0 radical (unpaired) electrons. The maximum absolute atomic E-state index is 9.82. The van der Waals surface area contributed by atoms with Crippen LogP contribution in [0.2, 0.25) is 0 Å². The van der Waals surface area contributed by atoms with Crippen LogP contribution < -0.4 is 0 Å². The van der Waals surface area contributed by atoms with Crippen molar-refractivity contribution in [3.63, 3.8) is 0 Å². The molecule has 13 heavy (non-hydrogen) atoms. The fourth-order valence-corrected chi connectivity index (χ4v) is 1.39. The Balaban J connectivity index is 2.72. The zero-order valence-corrected chi connectivity index (χ0v) is 7.73. The molecule has 0 aliphatic carbocycles. The third kappa shape index (κ3) is 1.31. The molecule has 1 N–H and O–H groups in total. The van der Waals surface area contributed by atoms with E-state index in [1.54, 1.807) is 20.0 Å². The van der Waals surface area contributed by atoms with Gasteiger partial charge < -0.3 is 9.51 Å². The highest BCUT2D eigenvalue weighted by molar-refractivity contribution is 5.40. The Hall–Kier alpha value is -1.35. The summed E-state index contributed by atoms with van der Waals surface area (Å²) in [6.45, 7) is 3.51. The lowest BCUT2D eigenvalue weighted by Gasteiger charge is -2.16. The summed E-state index contributed by atoms with van der Waals surface area (Å²) in [5.74, 6) is 0. The highest BCUT2D eigenvalue weighted by Gasteiger charge is 2.19. The molecule has 0 saturated carbocycles. The molecule has 0 spiro atoms. The molecule has 2 heterocycles. The summed E-state index contributed by atoms with van der Waals surface area (Å²) in [5.41, 5.74) is 0.823. The van der Waals surface area contributed by atoms with Crippen LogP contribution in [-0.4, -0.2) is 14.5 Å². The number of rotatable bonds is 1. The number of pyridine rings is 1. The Morgan fingerprint density at radius 1 is 1.38 bits per heavy atom. The number of aliphatic hydroxyl groups is 1. The Morgan fingerprint density at radius 3 is 2.85 bits per heavy atom. The minimum Gasteiger partial charge on any atom is -0.384 e. The zero-order valence-electron chi connectivity index (χ0n) is 7.73. The largest absolute Gasteiger partial charge is 0.384 e. The number of hydrogen-bond donors (Lipinski definition) is 1. The van der Waals surface area contributed by atoms with Crippen LogP contribution in [-0.2, 0) is 5.60 Å². The van der Waals surface area contributed by atoms with Crippen LogP contribution in [0.25, 0.3) is 5.65 Å². The molecular formula is C10H12N2O. The molecule has 0 aromatic carbocycles. The number of hydrogen-bond acceptors (Lipinski definition) is 2. The maximum Gasteiger partial charge on any atom is 0.136 e. The van der Waals surface area contributed by atoms with Gasteiger partial charge in [0.1, 0.15) is 11.2 Å². The molecule has 0 amide bonds. The third-order valence-corrected chi connectivity index (χ3v) is 2.04. The van der Waals surface area contributed by atoms with E-state index in [1.165, 1.54) is 0 Å². The summed E-state index contributed by atoms with van der Waals surface area (Å²) < 4.78 is 1.89. The first-order chi connectivity index (χ1) is 6.09. The molecule has 3 heteroatoms. The number of imidazole rings is 1. The molecule has 2 rings (SSSR count). The quantitative estimate of drug-likeness (QED) is 0.716. The molecule has 3 nitrogen and oxygen atoms in total. The van der Waals surface area contributed by atoms with Crippen LogP contribution >= 0.6 is 0 Å². The molecule has 0 unspecified atom stereocenters. The van der Waals surface area contributed by atoms with Gasteiger partial charge in [-0.25, -0.2) is 4.98 Å². The van der Waals surface area contributed by atoms with Gasteiger partial charge in [-0.3, -0.25) is 0 Å². The van der Waals surface area contributed by atoms with Crippen molar-refractivity contribution in [2.24, 2.45) is 0 Å². The van der Waals surface area contributed by atoms with Crippen molar-refractivity contribution in [2.75, 3.05) is 0 Å². The summed E-state index contributed by atoms with van der Waals surface area (Å²) >= 11 is 0. The Bertz CT molecular complexity index is 426. The van der Waals surface area contributed by atoms with Gasteiger partial charge in [0.2, 0.25) is 0 Å². The molecule has 68 valence electrons. The Morgan fingerprint density at radius 2 is 2.15 bits per heavy atom. The summed E-state index contributed by atoms with van der Waals surface area (Å²) in [7, 11) is 0. The number of aromatic nitrogens is 2. The molecule has 0 saturated heterocycles. The van der Waals surface area contributed by atoms with Crippen molar-refractivity contribution in [1.82, 2.24) is 9.38 Å². The first kappa shape index (κ1) is 8.26. The lowest BCUT2D eigenvalue weighted by molar-refractivity contribution is 0.0729. The van der Waals surface area contributed by atoms with Crippen LogP contribution in [0.15, 0.2) is 30.6 Å². The normalized spacial score (nSPS) is 12.2. The third-order valence-electron chi connectivity index (χ3n) is 2.04. The molecule has 0 aliphatic heterocycles. The second-order valence-corrected chi connectivity index (χ2v) is 3.63. The monoisotopic (exact) mass is 176 g/mol. The summed E-state index contributed by atoms with van der Waals surface area (Å²) in [6, 6.07) is 5.76. The van der Waals surface area contributed by atoms with Gasteiger partial charge in [0.05, 0.1) is 11.9 Å². The SMILES string of the molecule is CC(C)(O)c1cnc2ccccn12. The smallest absolute Gasteiger partial charge is 0.136 e. The summed E-state index contributed by atoms with van der Waals surface area (Å²) in [6.07, 6.45) is 3.60. The fourth-order valence-electron chi connectivity index (χ4n) is 1.39. The van der Waals surface area contributed by atoms with Gasteiger partial charge in [0, 0.05) is 6.20 Å². The van der Waals surface area contributed by atoms with Crippen molar-refractivity contribution in [1.29, 1.82) is 0 Å². The van der Waals surface area contributed by atoms with Gasteiger partial charge in [-0.1, -0.05) is 6.07 Å². The number of nitrogens with zero attached hydrogens (tertiary/aromatic N) is 2. The predicted molar refractivity (Wildman–Crippen MR) is 50.4 cm³/mol. The minimum absolute atomic E-state index is 0.808. The highest BCUT2D eigenvalue weighted by Crippen LogP contribution is 2.20. The molecule has 0 fully saturated rings. The Kier molecular flexibility index (Phi) is 1.63. The van der Waals surface area contributed by atoms with E-state index in [4.69, 9.17) is 0 Å². The molecule has 0 atom stereocenters. The summed E-state index contributed by atoms with van der Waals surface area (Å²) in [4.78, 5) is 4.19. The standard InChI is InChI=1S/C10H12N2O/c1-10(2,13)8-7-11-9-5-3-4-6-12(8)9/h3-7,13H,1-2H3. The molecular weight excluding hydrogens is 164 g/mol. The second kappa shape index (κ2) is 2.57. The average molecular weight is 176 g/mol. The second-order valence-electron chi connectivity index (χ2n) is 3.63. The van der Waals surface area contributed by atoms with Crippen LogP contribution in [0, 0.1) is 0 Å². The van der Waals surface area contributed by atoms with E-state index >= 15 is 0 Å². The van der Waals surface area contributed by atoms with E-state index in [9.17, 15) is 5.11 Å². The van der Waals surface area contributed by atoms with E-state index < -0.39 is 5.60 Å². The van der Waals surface area contributed by atoms with Crippen molar-refractivity contribution < 1.29 is 5.11 Å². The fraction of sp³-hybridized carbons (Fsp3) is 0.300. The van der Waals surface area contributed by atoms with Crippen molar-refractivity contribution >= 4 is 5.65 Å². The van der Waals surface area contributed by atoms with Gasteiger partial charge in [-0.15, -0.1) is 0 Å². The van der Waals surface area contributed by atoms with Gasteiger partial charge >= 0.3 is 0 Å². The van der Waals surface area contributed by atoms with Crippen LogP contribution in [0.5, 0.6) is 0 Å². The number of fused-ring (bicyclic) bond motifs is 1. The summed E-state index contributed by atoms with van der Waals surface area (Å²) in [5, 5.41) is 9.82. The lowest BCUT2D eigenvalue weighted by atomic mass is 10.1. The van der Waals surface area contributed by atoms with Crippen molar-refractivity contribution in [2.45, 2.75) is 19.4 Å². The van der Waals surface area contributed by atoms with Gasteiger partial charge in [0.25, 0.3) is 0 Å². The predicted octanol–water partition coefficient (Wildman–Crippen LogP) is 1.56. The van der Waals surface area contributed by atoms with E-state index in [-0.39, 0.29) is 0 Å². The highest BCUT2D eigenvalue weighted by atomic mass is 16.3. The first-order valence-electron chi connectivity index (χ1n) is 4.24. The van der Waals surface area contributed by atoms with Gasteiger partial charge in [-0.2, -0.15) is 0 Å². The minimum atomic E-state index is -0.846. The van der Waals surface area contributed by atoms with E-state index in [0.717, 1.165) is 11.3 Å². The van der Waals surface area contributed by atoms with E-state index in [0.29, 0.717) is 0 Å². The van der Waals surface area contributed by atoms with Gasteiger partial charge in [-0.05, 0) is 26.0 Å². The molecule has 2 aromatic heterocycles. The topological polar surface area (TPSA) is 37.5 Å². The van der Waals surface area contributed by atoms with Crippen LogP contribution in [0.1, 0.15) is 19.5 Å². The van der Waals surface area contributed by atoms with Crippen molar-refractivity contribution in [3.05, 3.63) is 36.3 Å². The van der Waals surface area contributed by atoms with Crippen LogP contribution in [0.4, 0.5) is 0 Å². The van der Waals surface area contributed by atoms with E-state index in [2.05, 4.69) is 4.98 Å². The van der Waals surface area contributed by atoms with E-state index in [1.807, 2.05) is 28.8 Å². The maximum atomic E-state index is 9.82. The average Bonchev–Trinajstić information content (AvgIpc) is 2.45. The van der Waals surface area contributed by atoms with Crippen molar-refractivity contribution in [3.8, 4) is 0 Å². The molecule has 0 aliphatic rings.